The van der Waals surface area contributed by atoms with Crippen molar-refractivity contribution in [2.45, 2.75) is 45.9 Å². The van der Waals surface area contributed by atoms with Gasteiger partial charge in [-0.05, 0) is 32.3 Å². The Balaban J connectivity index is 1.68. The SMILES string of the molecule is Cc1ccc(Cn2c(=O)c3c(nc4n(C[C@@H]5CCCO5)c(C)cn34)n(C)c2=O)cc1. The molecule has 0 amide bonds. The van der Waals surface area contributed by atoms with Gasteiger partial charge in [-0.1, -0.05) is 29.8 Å². The van der Waals surface area contributed by atoms with E-state index in [2.05, 4.69) is 9.55 Å². The van der Waals surface area contributed by atoms with Crippen LogP contribution in [0.15, 0.2) is 40.1 Å². The first kappa shape index (κ1) is 18.9. The highest BCUT2D eigenvalue weighted by Gasteiger charge is 2.23. The average Bonchev–Trinajstić information content (AvgIpc) is 3.43. The van der Waals surface area contributed by atoms with Crippen molar-refractivity contribution in [2.24, 2.45) is 7.05 Å². The third-order valence-electron chi connectivity index (χ3n) is 6.01. The molecule has 1 aromatic carbocycles. The van der Waals surface area contributed by atoms with Gasteiger partial charge in [-0.25, -0.2) is 4.79 Å². The predicted molar refractivity (Wildman–Crippen MR) is 114 cm³/mol. The molecule has 0 radical (unpaired) electrons. The molecule has 0 N–H and O–H groups in total. The predicted octanol–water partition coefficient (Wildman–Crippen LogP) is 1.99. The van der Waals surface area contributed by atoms with Crippen LogP contribution in [-0.4, -0.2) is 35.8 Å². The van der Waals surface area contributed by atoms with Crippen LogP contribution < -0.4 is 11.2 Å². The number of benzene rings is 1. The maximum absolute atomic E-state index is 13.4. The Bertz CT molecular complexity index is 1360. The van der Waals surface area contributed by atoms with Crippen LogP contribution in [0.4, 0.5) is 0 Å². The Morgan fingerprint density at radius 3 is 2.60 bits per heavy atom. The minimum atomic E-state index is -0.365. The van der Waals surface area contributed by atoms with E-state index in [-0.39, 0.29) is 23.9 Å². The van der Waals surface area contributed by atoms with E-state index in [0.717, 1.165) is 36.3 Å². The Labute approximate surface area is 173 Å². The van der Waals surface area contributed by atoms with Crippen LogP contribution in [-0.2, 0) is 24.9 Å². The van der Waals surface area contributed by atoms with E-state index in [4.69, 9.17) is 4.74 Å². The zero-order valence-electron chi connectivity index (χ0n) is 17.5. The third-order valence-corrected chi connectivity index (χ3v) is 6.01. The van der Waals surface area contributed by atoms with Crippen LogP contribution >= 0.6 is 0 Å². The lowest BCUT2D eigenvalue weighted by Gasteiger charge is -2.11. The van der Waals surface area contributed by atoms with Crippen LogP contribution in [0.5, 0.6) is 0 Å². The van der Waals surface area contributed by atoms with Crippen molar-refractivity contribution in [1.82, 2.24) is 23.1 Å². The van der Waals surface area contributed by atoms with Gasteiger partial charge in [-0.2, -0.15) is 4.98 Å². The number of imidazole rings is 2. The highest BCUT2D eigenvalue weighted by Crippen LogP contribution is 2.20. The van der Waals surface area contributed by atoms with Crippen LogP contribution in [0.1, 0.15) is 29.7 Å². The highest BCUT2D eigenvalue weighted by molar-refractivity contribution is 5.75. The van der Waals surface area contributed by atoms with Gasteiger partial charge in [0.1, 0.15) is 0 Å². The molecular weight excluding hydrogens is 382 g/mol. The summed E-state index contributed by atoms with van der Waals surface area (Å²) < 4.78 is 12.4. The molecule has 1 fully saturated rings. The number of rotatable bonds is 4. The highest BCUT2D eigenvalue weighted by atomic mass is 16.5. The molecule has 0 bridgehead atoms. The Hall–Kier alpha value is -3.13. The van der Waals surface area contributed by atoms with E-state index in [0.29, 0.717) is 23.5 Å². The molecule has 3 aromatic heterocycles. The minimum absolute atomic E-state index is 0.154. The van der Waals surface area contributed by atoms with Crippen LogP contribution in [0.2, 0.25) is 0 Å². The zero-order chi connectivity index (χ0) is 21.0. The normalized spacial score (nSPS) is 16.8. The summed E-state index contributed by atoms with van der Waals surface area (Å²) in [5.41, 5.74) is 3.19. The molecule has 4 heterocycles. The van der Waals surface area contributed by atoms with Crippen molar-refractivity contribution in [3.8, 4) is 0 Å². The number of aryl methyl sites for hydroxylation is 3. The van der Waals surface area contributed by atoms with Crippen molar-refractivity contribution < 1.29 is 4.74 Å². The molecule has 30 heavy (non-hydrogen) atoms. The van der Waals surface area contributed by atoms with Gasteiger partial charge in [0.25, 0.3) is 5.56 Å². The first-order valence-electron chi connectivity index (χ1n) is 10.3. The van der Waals surface area contributed by atoms with E-state index in [1.165, 1.54) is 9.13 Å². The molecule has 4 aromatic rings. The van der Waals surface area contributed by atoms with Crippen molar-refractivity contribution >= 4 is 16.9 Å². The fourth-order valence-corrected chi connectivity index (χ4v) is 4.29. The number of hydrogen-bond donors (Lipinski definition) is 0. The number of aromatic nitrogens is 5. The smallest absolute Gasteiger partial charge is 0.332 e. The molecule has 156 valence electrons. The summed E-state index contributed by atoms with van der Waals surface area (Å²) in [6.07, 6.45) is 4.16. The molecular formula is C22H25N5O3. The minimum Gasteiger partial charge on any atom is -0.376 e. The number of ether oxygens (including phenoxy) is 1. The van der Waals surface area contributed by atoms with E-state index >= 15 is 0 Å². The molecule has 8 nitrogen and oxygen atoms in total. The fraction of sp³-hybridized carbons (Fsp3) is 0.409. The van der Waals surface area contributed by atoms with E-state index in [1.807, 2.05) is 48.7 Å². The van der Waals surface area contributed by atoms with E-state index in [9.17, 15) is 9.59 Å². The maximum atomic E-state index is 13.4. The molecule has 0 aliphatic carbocycles. The second-order valence-electron chi connectivity index (χ2n) is 8.19. The molecule has 1 aliphatic heterocycles. The molecule has 1 atom stereocenters. The molecule has 0 saturated carbocycles. The van der Waals surface area contributed by atoms with Crippen molar-refractivity contribution in [3.05, 3.63) is 68.1 Å². The van der Waals surface area contributed by atoms with Crippen molar-refractivity contribution in [3.63, 3.8) is 0 Å². The van der Waals surface area contributed by atoms with Crippen LogP contribution in [0.3, 0.4) is 0 Å². The van der Waals surface area contributed by atoms with Gasteiger partial charge in [0.2, 0.25) is 5.78 Å². The monoisotopic (exact) mass is 407 g/mol. The summed E-state index contributed by atoms with van der Waals surface area (Å²) >= 11 is 0. The fourth-order valence-electron chi connectivity index (χ4n) is 4.29. The lowest BCUT2D eigenvalue weighted by molar-refractivity contribution is 0.0974. The van der Waals surface area contributed by atoms with Gasteiger partial charge < -0.3 is 9.30 Å². The largest absolute Gasteiger partial charge is 0.376 e. The molecule has 5 rings (SSSR count). The molecule has 0 unspecified atom stereocenters. The van der Waals surface area contributed by atoms with Crippen molar-refractivity contribution in [1.29, 1.82) is 0 Å². The lowest BCUT2D eigenvalue weighted by Crippen LogP contribution is -2.39. The van der Waals surface area contributed by atoms with Gasteiger partial charge in [0.15, 0.2) is 11.2 Å². The summed E-state index contributed by atoms with van der Waals surface area (Å²) in [5, 5.41) is 0. The van der Waals surface area contributed by atoms with E-state index < -0.39 is 0 Å². The summed E-state index contributed by atoms with van der Waals surface area (Å²) in [6, 6.07) is 7.85. The van der Waals surface area contributed by atoms with E-state index in [1.54, 1.807) is 7.05 Å². The average molecular weight is 407 g/mol. The molecule has 8 heteroatoms. The second kappa shape index (κ2) is 6.98. The number of nitrogens with zero attached hydrogens (tertiary/aromatic N) is 5. The second-order valence-corrected chi connectivity index (χ2v) is 8.19. The Kier molecular flexibility index (Phi) is 4.39. The summed E-state index contributed by atoms with van der Waals surface area (Å²) in [4.78, 5) is 31.0. The first-order valence-corrected chi connectivity index (χ1v) is 10.3. The van der Waals surface area contributed by atoms with Crippen molar-refractivity contribution in [2.75, 3.05) is 6.61 Å². The van der Waals surface area contributed by atoms with Gasteiger partial charge in [0.05, 0.1) is 19.2 Å². The quantitative estimate of drug-likeness (QED) is 0.519. The lowest BCUT2D eigenvalue weighted by atomic mass is 10.1. The maximum Gasteiger partial charge on any atom is 0.332 e. The summed E-state index contributed by atoms with van der Waals surface area (Å²) in [7, 11) is 1.67. The molecule has 1 saturated heterocycles. The van der Waals surface area contributed by atoms with Gasteiger partial charge >= 0.3 is 5.69 Å². The van der Waals surface area contributed by atoms with Gasteiger partial charge in [0, 0.05) is 25.5 Å². The number of fused-ring (bicyclic) bond motifs is 3. The molecule has 0 spiro atoms. The Morgan fingerprint density at radius 1 is 1.13 bits per heavy atom. The summed E-state index contributed by atoms with van der Waals surface area (Å²) in [5.74, 6) is 0.665. The standard InChI is InChI=1S/C22H25N5O3/c1-14-6-8-16(9-7-14)12-27-20(28)18-19(24(3)22(27)29)23-21-25(15(2)11-26(18)21)13-17-5-4-10-30-17/h6-9,11,17H,4-5,10,12-13H2,1-3H3/t17-/m0/s1. The van der Waals surface area contributed by atoms with Crippen LogP contribution in [0, 0.1) is 13.8 Å². The van der Waals surface area contributed by atoms with Gasteiger partial charge in [-0.3, -0.25) is 18.3 Å². The topological polar surface area (TPSA) is 75.5 Å². The summed E-state index contributed by atoms with van der Waals surface area (Å²) in [6.45, 7) is 5.72. The Morgan fingerprint density at radius 2 is 1.90 bits per heavy atom. The zero-order valence-corrected chi connectivity index (χ0v) is 17.5. The number of hydrogen-bond acceptors (Lipinski definition) is 4. The molecule has 1 aliphatic rings. The third kappa shape index (κ3) is 2.90. The first-order chi connectivity index (χ1) is 14.4. The van der Waals surface area contributed by atoms with Crippen LogP contribution in [0.25, 0.3) is 16.9 Å². The van der Waals surface area contributed by atoms with Gasteiger partial charge in [-0.15, -0.1) is 0 Å².